The summed E-state index contributed by atoms with van der Waals surface area (Å²) in [7, 11) is 1.79. The van der Waals surface area contributed by atoms with Gasteiger partial charge in [-0.25, -0.2) is 9.67 Å². The van der Waals surface area contributed by atoms with Crippen LogP contribution in [0, 0.1) is 13.8 Å². The van der Waals surface area contributed by atoms with Crippen LogP contribution < -0.4 is 5.32 Å². The molecule has 0 radical (unpaired) electrons. The van der Waals surface area contributed by atoms with Gasteiger partial charge in [0.25, 0.3) is 11.6 Å². The fourth-order valence-corrected chi connectivity index (χ4v) is 3.25. The average molecular weight is 423 g/mol. The quantitative estimate of drug-likeness (QED) is 0.467. The lowest BCUT2D eigenvalue weighted by Crippen LogP contribution is -2.20. The van der Waals surface area contributed by atoms with E-state index in [4.69, 9.17) is 9.26 Å². The fourth-order valence-electron chi connectivity index (χ4n) is 3.25. The smallest absolute Gasteiger partial charge is 0.327 e. The van der Waals surface area contributed by atoms with Gasteiger partial charge in [0.1, 0.15) is 12.4 Å². The van der Waals surface area contributed by atoms with E-state index >= 15 is 0 Å². The number of aromatic nitrogens is 6. The topological polar surface area (TPSA) is 130 Å². The van der Waals surface area contributed by atoms with Crippen LogP contribution in [0.3, 0.4) is 0 Å². The Labute approximate surface area is 177 Å². The molecule has 0 bridgehead atoms. The van der Waals surface area contributed by atoms with Crippen molar-refractivity contribution in [3.63, 3.8) is 0 Å². The molecule has 4 aromatic rings. The zero-order chi connectivity index (χ0) is 22.1. The summed E-state index contributed by atoms with van der Waals surface area (Å²) in [6.45, 7) is 5.39. The number of amides is 1. The van der Waals surface area contributed by atoms with Crippen molar-refractivity contribution in [2.75, 3.05) is 11.9 Å². The molecule has 31 heavy (non-hydrogen) atoms. The molecule has 4 heterocycles. The Hall–Kier alpha value is -4.02. The highest BCUT2D eigenvalue weighted by Crippen LogP contribution is 2.27. The number of carbonyl (C=O) groups excluding carboxylic acids is 2. The van der Waals surface area contributed by atoms with Crippen molar-refractivity contribution >= 4 is 28.8 Å². The third-order valence-corrected chi connectivity index (χ3v) is 4.59. The lowest BCUT2D eigenvalue weighted by atomic mass is 10.1. The summed E-state index contributed by atoms with van der Waals surface area (Å²) in [5.74, 6) is -0.479. The first-order valence-electron chi connectivity index (χ1n) is 9.63. The van der Waals surface area contributed by atoms with Crippen molar-refractivity contribution in [2.45, 2.75) is 27.3 Å². The van der Waals surface area contributed by atoms with Gasteiger partial charge in [-0.1, -0.05) is 5.16 Å². The number of hydrogen-bond donors (Lipinski definition) is 1. The van der Waals surface area contributed by atoms with Crippen molar-refractivity contribution in [1.29, 1.82) is 0 Å². The van der Waals surface area contributed by atoms with Gasteiger partial charge in [0.2, 0.25) is 0 Å². The summed E-state index contributed by atoms with van der Waals surface area (Å²) in [4.78, 5) is 29.6. The zero-order valence-electron chi connectivity index (χ0n) is 17.5. The summed E-state index contributed by atoms with van der Waals surface area (Å²) < 4.78 is 13.3. The molecule has 1 N–H and O–H groups in total. The first kappa shape index (κ1) is 20.3. The fraction of sp³-hybridized carbons (Fsp3) is 0.300. The van der Waals surface area contributed by atoms with Gasteiger partial charge in [-0.2, -0.15) is 10.2 Å². The predicted molar refractivity (Wildman–Crippen MR) is 110 cm³/mol. The first-order chi connectivity index (χ1) is 14.9. The van der Waals surface area contributed by atoms with E-state index in [0.29, 0.717) is 33.8 Å². The summed E-state index contributed by atoms with van der Waals surface area (Å²) in [6.07, 6.45) is 3.44. The first-order valence-corrected chi connectivity index (χ1v) is 9.63. The minimum Gasteiger partial charge on any atom is -0.465 e. The van der Waals surface area contributed by atoms with E-state index in [1.54, 1.807) is 57.0 Å². The summed E-state index contributed by atoms with van der Waals surface area (Å²) >= 11 is 0. The molecule has 0 aromatic carbocycles. The number of hydrogen-bond acceptors (Lipinski definition) is 8. The maximum absolute atomic E-state index is 13.3. The number of nitrogens with one attached hydrogen (secondary N) is 1. The lowest BCUT2D eigenvalue weighted by Gasteiger charge is -2.10. The average Bonchev–Trinajstić information content (AvgIpc) is 3.41. The van der Waals surface area contributed by atoms with E-state index in [2.05, 4.69) is 25.7 Å². The van der Waals surface area contributed by atoms with Crippen molar-refractivity contribution in [1.82, 2.24) is 29.7 Å². The van der Waals surface area contributed by atoms with Gasteiger partial charge in [-0.3, -0.25) is 14.3 Å². The Morgan fingerprint density at radius 2 is 2.06 bits per heavy atom. The number of esters is 1. The van der Waals surface area contributed by atoms with Gasteiger partial charge in [0.05, 0.1) is 40.8 Å². The molecule has 0 saturated carbocycles. The van der Waals surface area contributed by atoms with E-state index in [9.17, 15) is 9.59 Å². The Morgan fingerprint density at radius 3 is 2.77 bits per heavy atom. The van der Waals surface area contributed by atoms with Gasteiger partial charge in [0.15, 0.2) is 0 Å². The van der Waals surface area contributed by atoms with Crippen molar-refractivity contribution in [3.05, 3.63) is 41.5 Å². The van der Waals surface area contributed by atoms with Crippen molar-refractivity contribution < 1.29 is 18.8 Å². The third-order valence-electron chi connectivity index (χ3n) is 4.59. The molecule has 0 saturated heterocycles. The van der Waals surface area contributed by atoms with Crippen molar-refractivity contribution in [3.8, 4) is 11.3 Å². The molecule has 4 aromatic heterocycles. The molecule has 160 valence electrons. The van der Waals surface area contributed by atoms with Gasteiger partial charge < -0.3 is 14.6 Å². The SMILES string of the molecule is CCOC(=O)Cn1nc(C)cc1NC(=O)c1cc(-c2cnn(C)c2)nc2onc(C)c12. The maximum atomic E-state index is 13.3. The second-order valence-corrected chi connectivity index (χ2v) is 6.99. The van der Waals surface area contributed by atoms with Crippen LogP contribution in [0.1, 0.15) is 28.7 Å². The molecule has 0 aliphatic heterocycles. The number of anilines is 1. The monoisotopic (exact) mass is 423 g/mol. The molecule has 1 amide bonds. The number of aryl methyl sites for hydroxylation is 3. The molecule has 11 nitrogen and oxygen atoms in total. The number of carbonyl (C=O) groups is 2. The highest BCUT2D eigenvalue weighted by Gasteiger charge is 2.21. The standard InChI is InChI=1S/C20H21N7O4/c1-5-30-17(28)10-27-16(6-11(2)24-27)23-19(29)14-7-15(13-8-21-26(4)9-13)22-20-18(14)12(3)25-31-20/h6-9H,5,10H2,1-4H3,(H,23,29). The number of ether oxygens (including phenoxy) is 1. The minimum atomic E-state index is -0.443. The largest absolute Gasteiger partial charge is 0.465 e. The molecular formula is C20H21N7O4. The third kappa shape index (κ3) is 4.02. The van der Waals surface area contributed by atoms with Crippen LogP contribution in [0.4, 0.5) is 5.82 Å². The van der Waals surface area contributed by atoms with E-state index in [0.717, 1.165) is 5.56 Å². The summed E-state index contributed by atoms with van der Waals surface area (Å²) in [6, 6.07) is 3.34. The van der Waals surface area contributed by atoms with Crippen LogP contribution in [0.15, 0.2) is 29.0 Å². The van der Waals surface area contributed by atoms with Crippen LogP contribution in [0.2, 0.25) is 0 Å². The van der Waals surface area contributed by atoms with E-state index in [1.807, 2.05) is 0 Å². The van der Waals surface area contributed by atoms with Gasteiger partial charge in [-0.15, -0.1) is 0 Å². The Morgan fingerprint density at radius 1 is 1.26 bits per heavy atom. The molecule has 0 fully saturated rings. The van der Waals surface area contributed by atoms with E-state index in [-0.39, 0.29) is 18.9 Å². The second-order valence-electron chi connectivity index (χ2n) is 6.99. The Balaban J connectivity index is 1.71. The lowest BCUT2D eigenvalue weighted by molar-refractivity contribution is -0.144. The van der Waals surface area contributed by atoms with E-state index in [1.165, 1.54) is 4.68 Å². The molecule has 0 atom stereocenters. The highest BCUT2D eigenvalue weighted by molar-refractivity contribution is 6.12. The maximum Gasteiger partial charge on any atom is 0.327 e. The van der Waals surface area contributed by atoms with Crippen LogP contribution in [-0.2, 0) is 23.1 Å². The van der Waals surface area contributed by atoms with E-state index < -0.39 is 11.9 Å². The number of fused-ring (bicyclic) bond motifs is 1. The van der Waals surface area contributed by atoms with Crippen LogP contribution in [0.25, 0.3) is 22.4 Å². The number of rotatable bonds is 6. The molecule has 0 aliphatic rings. The normalized spacial score (nSPS) is 11.1. The molecule has 11 heteroatoms. The molecule has 4 rings (SSSR count). The molecule has 0 spiro atoms. The second kappa shape index (κ2) is 8.01. The Bertz CT molecular complexity index is 1280. The molecule has 0 aliphatic carbocycles. The molecular weight excluding hydrogens is 402 g/mol. The number of pyridine rings is 1. The van der Waals surface area contributed by atoms with Gasteiger partial charge in [-0.05, 0) is 26.8 Å². The van der Waals surface area contributed by atoms with Crippen molar-refractivity contribution in [2.24, 2.45) is 7.05 Å². The van der Waals surface area contributed by atoms with Crippen LogP contribution >= 0.6 is 0 Å². The summed E-state index contributed by atoms with van der Waals surface area (Å²) in [5, 5.41) is 15.7. The van der Waals surface area contributed by atoms with Crippen LogP contribution in [0.5, 0.6) is 0 Å². The van der Waals surface area contributed by atoms with Crippen LogP contribution in [-0.4, -0.2) is 48.2 Å². The molecule has 0 unspecified atom stereocenters. The zero-order valence-corrected chi connectivity index (χ0v) is 17.5. The van der Waals surface area contributed by atoms with Gasteiger partial charge in [0, 0.05) is 24.9 Å². The summed E-state index contributed by atoms with van der Waals surface area (Å²) in [5.41, 5.74) is 3.04. The highest BCUT2D eigenvalue weighted by atomic mass is 16.5. The van der Waals surface area contributed by atoms with Gasteiger partial charge >= 0.3 is 5.97 Å². The number of nitrogens with zero attached hydrogens (tertiary/aromatic N) is 6. The Kier molecular flexibility index (Phi) is 5.24. The minimum absolute atomic E-state index is 0.115. The predicted octanol–water partition coefficient (Wildman–Crippen LogP) is 2.25.